The maximum Gasteiger partial charge on any atom is 0.230 e. The van der Waals surface area contributed by atoms with Crippen molar-refractivity contribution < 1.29 is 4.79 Å². The van der Waals surface area contributed by atoms with Gasteiger partial charge in [0.2, 0.25) is 5.91 Å². The third-order valence-electron chi connectivity index (χ3n) is 6.69. The average Bonchev–Trinajstić information content (AvgIpc) is 3.47. The number of hydrogen-bond acceptors (Lipinski definition) is 5. The van der Waals surface area contributed by atoms with Gasteiger partial charge >= 0.3 is 0 Å². The molecule has 0 aliphatic carbocycles. The molecule has 2 aliphatic heterocycles. The largest absolute Gasteiger partial charge is 0.355 e. The number of rotatable bonds is 3. The summed E-state index contributed by atoms with van der Waals surface area (Å²) < 4.78 is 1.72. The van der Waals surface area contributed by atoms with Gasteiger partial charge in [0, 0.05) is 46.8 Å². The normalized spacial score (nSPS) is 16.3. The van der Waals surface area contributed by atoms with Gasteiger partial charge < -0.3 is 9.80 Å². The summed E-state index contributed by atoms with van der Waals surface area (Å²) in [4.78, 5) is 17.4. The van der Waals surface area contributed by atoms with Crippen LogP contribution in [0.2, 0.25) is 10.0 Å². The quantitative estimate of drug-likeness (QED) is 0.406. The number of benzene rings is 2. The standard InChI is InChI=1S/C25H22Cl2N6O/c26-19-13-18(14-20(27)15-19)24-29-28-22-5-6-23(30-33(22)24)31-10-7-17(8-11-31)25(34)32-12-9-16-3-1-2-4-21(16)32/h1-6,13-15,17H,7-12H2. The summed E-state index contributed by atoms with van der Waals surface area (Å²) in [5.74, 6) is 1.69. The molecule has 0 saturated carbocycles. The van der Waals surface area contributed by atoms with E-state index in [9.17, 15) is 4.79 Å². The molecule has 0 spiro atoms. The van der Waals surface area contributed by atoms with Crippen LogP contribution in [0.5, 0.6) is 0 Å². The number of para-hydroxylation sites is 1. The second kappa shape index (κ2) is 8.56. The number of piperidine rings is 1. The minimum absolute atomic E-state index is 0.0326. The SMILES string of the molecule is O=C(C1CCN(c2ccc3nnc(-c4cc(Cl)cc(Cl)c4)n3n2)CC1)N1CCc2ccccc21. The minimum atomic E-state index is 0.0326. The van der Waals surface area contributed by atoms with E-state index in [-0.39, 0.29) is 11.8 Å². The molecule has 0 N–H and O–H groups in total. The minimum Gasteiger partial charge on any atom is -0.355 e. The van der Waals surface area contributed by atoms with Crippen molar-refractivity contribution in [2.75, 3.05) is 29.4 Å². The van der Waals surface area contributed by atoms with Crippen LogP contribution in [0, 0.1) is 5.92 Å². The summed E-state index contributed by atoms with van der Waals surface area (Å²) in [6.07, 6.45) is 2.54. The van der Waals surface area contributed by atoms with Crippen LogP contribution in [0.15, 0.2) is 54.6 Å². The zero-order valence-electron chi connectivity index (χ0n) is 18.4. The van der Waals surface area contributed by atoms with Crippen LogP contribution in [0.4, 0.5) is 11.5 Å². The van der Waals surface area contributed by atoms with Crippen molar-refractivity contribution in [1.29, 1.82) is 0 Å². The first kappa shape index (κ1) is 21.4. The van der Waals surface area contributed by atoms with E-state index in [4.69, 9.17) is 28.3 Å². The Bertz CT molecular complexity index is 1380. The summed E-state index contributed by atoms with van der Waals surface area (Å²) in [5.41, 5.74) is 3.73. The topological polar surface area (TPSA) is 66.6 Å². The first-order valence-electron chi connectivity index (χ1n) is 11.4. The lowest BCUT2D eigenvalue weighted by atomic mass is 9.95. The van der Waals surface area contributed by atoms with Crippen molar-refractivity contribution in [2.45, 2.75) is 19.3 Å². The second-order valence-corrected chi connectivity index (χ2v) is 9.65. The number of carbonyl (C=O) groups excluding carboxylic acids is 1. The molecule has 2 aromatic carbocycles. The molecule has 9 heteroatoms. The number of aromatic nitrogens is 4. The Morgan fingerprint density at radius 3 is 2.47 bits per heavy atom. The molecular formula is C25H22Cl2N6O. The van der Waals surface area contributed by atoms with Crippen molar-refractivity contribution in [3.8, 4) is 11.4 Å². The molecule has 2 aromatic heterocycles. The van der Waals surface area contributed by atoms with Crippen LogP contribution in [0.1, 0.15) is 18.4 Å². The fourth-order valence-corrected chi connectivity index (χ4v) is 5.48. The van der Waals surface area contributed by atoms with Crippen molar-refractivity contribution in [2.24, 2.45) is 5.92 Å². The molecule has 6 rings (SSSR count). The smallest absolute Gasteiger partial charge is 0.230 e. The molecule has 172 valence electrons. The predicted octanol–water partition coefficient (Wildman–Crippen LogP) is 4.90. The Morgan fingerprint density at radius 2 is 1.68 bits per heavy atom. The number of anilines is 2. The number of halogens is 2. The Morgan fingerprint density at radius 1 is 0.912 bits per heavy atom. The van der Waals surface area contributed by atoms with Crippen molar-refractivity contribution in [3.05, 3.63) is 70.2 Å². The number of carbonyl (C=O) groups is 1. The van der Waals surface area contributed by atoms with E-state index in [2.05, 4.69) is 27.2 Å². The summed E-state index contributed by atoms with van der Waals surface area (Å²) >= 11 is 12.4. The molecule has 1 saturated heterocycles. The predicted molar refractivity (Wildman–Crippen MR) is 134 cm³/mol. The van der Waals surface area contributed by atoms with Crippen LogP contribution in [-0.4, -0.2) is 45.4 Å². The molecule has 7 nitrogen and oxygen atoms in total. The van der Waals surface area contributed by atoms with E-state index in [1.54, 1.807) is 22.7 Å². The van der Waals surface area contributed by atoms with E-state index in [0.717, 1.165) is 56.0 Å². The average molecular weight is 493 g/mol. The number of fused-ring (bicyclic) bond motifs is 2. The zero-order valence-corrected chi connectivity index (χ0v) is 19.9. The van der Waals surface area contributed by atoms with Gasteiger partial charge in [0.25, 0.3) is 0 Å². The molecule has 0 bridgehead atoms. The lowest BCUT2D eigenvalue weighted by Crippen LogP contribution is -2.42. The molecule has 1 fully saturated rings. The van der Waals surface area contributed by atoms with E-state index in [1.165, 1.54) is 5.56 Å². The number of nitrogens with zero attached hydrogens (tertiary/aromatic N) is 6. The molecule has 34 heavy (non-hydrogen) atoms. The third kappa shape index (κ3) is 3.79. The van der Waals surface area contributed by atoms with Gasteiger partial charge in [0.05, 0.1) is 0 Å². The summed E-state index contributed by atoms with van der Waals surface area (Å²) in [7, 11) is 0. The van der Waals surface area contributed by atoms with Gasteiger partial charge in [0.15, 0.2) is 11.5 Å². The Hall–Kier alpha value is -3.16. The Labute approximate surface area is 206 Å². The highest BCUT2D eigenvalue weighted by molar-refractivity contribution is 6.35. The van der Waals surface area contributed by atoms with Crippen LogP contribution in [-0.2, 0) is 11.2 Å². The first-order chi connectivity index (χ1) is 16.6. The lowest BCUT2D eigenvalue weighted by Gasteiger charge is -2.33. The fraction of sp³-hybridized carbons (Fsp3) is 0.280. The number of hydrogen-bond donors (Lipinski definition) is 0. The molecule has 4 aromatic rings. The van der Waals surface area contributed by atoms with Gasteiger partial charge in [-0.05, 0) is 61.2 Å². The molecule has 4 heterocycles. The van der Waals surface area contributed by atoms with Crippen molar-refractivity contribution in [1.82, 2.24) is 19.8 Å². The highest BCUT2D eigenvalue weighted by Crippen LogP contribution is 2.32. The Balaban J connectivity index is 1.20. The lowest BCUT2D eigenvalue weighted by molar-refractivity contribution is -0.122. The van der Waals surface area contributed by atoms with E-state index < -0.39 is 0 Å². The maximum atomic E-state index is 13.3. The third-order valence-corrected chi connectivity index (χ3v) is 7.13. The van der Waals surface area contributed by atoms with Crippen molar-refractivity contribution in [3.63, 3.8) is 0 Å². The molecule has 0 radical (unpaired) electrons. The van der Waals surface area contributed by atoms with Gasteiger partial charge in [0.1, 0.15) is 5.82 Å². The summed E-state index contributed by atoms with van der Waals surface area (Å²) in [5, 5.41) is 14.4. The van der Waals surface area contributed by atoms with Gasteiger partial charge in [-0.15, -0.1) is 15.3 Å². The molecule has 1 amide bonds. The van der Waals surface area contributed by atoms with Crippen LogP contribution >= 0.6 is 23.2 Å². The fourth-order valence-electron chi connectivity index (χ4n) is 4.95. The summed E-state index contributed by atoms with van der Waals surface area (Å²) in [6.45, 7) is 2.32. The molecule has 0 unspecified atom stereocenters. The molecular weight excluding hydrogens is 471 g/mol. The van der Waals surface area contributed by atoms with Crippen LogP contribution < -0.4 is 9.80 Å². The monoisotopic (exact) mass is 492 g/mol. The van der Waals surface area contributed by atoms with Gasteiger partial charge in [-0.2, -0.15) is 4.52 Å². The van der Waals surface area contributed by atoms with Gasteiger partial charge in [-0.3, -0.25) is 4.79 Å². The number of amides is 1. The zero-order chi connectivity index (χ0) is 23.2. The highest BCUT2D eigenvalue weighted by atomic mass is 35.5. The Kier molecular flexibility index (Phi) is 5.38. The summed E-state index contributed by atoms with van der Waals surface area (Å²) in [6, 6.07) is 17.4. The van der Waals surface area contributed by atoms with E-state index in [1.807, 2.05) is 29.2 Å². The second-order valence-electron chi connectivity index (χ2n) is 8.77. The van der Waals surface area contributed by atoms with Crippen molar-refractivity contribution >= 4 is 46.3 Å². The molecule has 2 aliphatic rings. The van der Waals surface area contributed by atoms with Crippen LogP contribution in [0.3, 0.4) is 0 Å². The van der Waals surface area contributed by atoms with E-state index >= 15 is 0 Å². The van der Waals surface area contributed by atoms with Gasteiger partial charge in [-0.1, -0.05) is 41.4 Å². The first-order valence-corrected chi connectivity index (χ1v) is 12.2. The van der Waals surface area contributed by atoms with Crippen LogP contribution in [0.25, 0.3) is 17.0 Å². The molecule has 0 atom stereocenters. The van der Waals surface area contributed by atoms with Gasteiger partial charge in [-0.25, -0.2) is 0 Å². The highest BCUT2D eigenvalue weighted by Gasteiger charge is 2.32. The van der Waals surface area contributed by atoms with E-state index in [0.29, 0.717) is 21.5 Å². The maximum absolute atomic E-state index is 13.3.